The van der Waals surface area contributed by atoms with Crippen LogP contribution >= 0.6 is 0 Å². The Morgan fingerprint density at radius 1 is 0.833 bits per heavy atom. The van der Waals surface area contributed by atoms with E-state index in [9.17, 15) is 21.6 Å². The number of carbonyl (C=O) groups is 1. The van der Waals surface area contributed by atoms with Crippen molar-refractivity contribution in [1.82, 2.24) is 0 Å². The lowest BCUT2D eigenvalue weighted by Crippen LogP contribution is -2.51. The maximum Gasteiger partial charge on any atom is 0.176 e. The molecule has 3 rings (SSSR count). The summed E-state index contributed by atoms with van der Waals surface area (Å²) in [7, 11) is -6.74. The molecule has 1 atom stereocenters. The fourth-order valence-corrected chi connectivity index (χ4v) is 5.38. The van der Waals surface area contributed by atoms with Gasteiger partial charge in [-0.05, 0) is 30.5 Å². The number of carbonyl (C=O) groups excluding carboxylic acids is 1. The molecule has 0 amide bonds. The minimum Gasteiger partial charge on any atom is -0.488 e. The quantitative estimate of drug-likeness (QED) is 0.614. The number of benzene rings is 2. The summed E-state index contributed by atoms with van der Waals surface area (Å²) in [5, 5.41) is 0. The number of sulfone groups is 2. The van der Waals surface area contributed by atoms with E-state index in [0.29, 0.717) is 17.7 Å². The zero-order valence-electron chi connectivity index (χ0n) is 17.1. The highest BCUT2D eigenvalue weighted by atomic mass is 32.2. The number of Topliss-reactive ketones (excluding diaryl/α,β-unsaturated/α-hetero) is 1. The van der Waals surface area contributed by atoms with Crippen LogP contribution in [0.5, 0.6) is 5.75 Å². The van der Waals surface area contributed by atoms with E-state index in [0.717, 1.165) is 18.1 Å². The van der Waals surface area contributed by atoms with Crippen molar-refractivity contribution in [2.45, 2.75) is 25.4 Å². The lowest BCUT2D eigenvalue weighted by Gasteiger charge is -2.43. The number of fused-ring (bicyclic) bond motifs is 1. The Kier molecular flexibility index (Phi) is 6.38. The van der Waals surface area contributed by atoms with Gasteiger partial charge in [0.2, 0.25) is 0 Å². The fourth-order valence-electron chi connectivity index (χ4n) is 3.91. The van der Waals surface area contributed by atoms with E-state index in [1.807, 2.05) is 30.3 Å². The number of para-hydroxylation sites is 1. The first kappa shape index (κ1) is 22.5. The molecule has 30 heavy (non-hydrogen) atoms. The van der Waals surface area contributed by atoms with Crippen LogP contribution in [0.2, 0.25) is 0 Å². The zero-order chi connectivity index (χ0) is 22.0. The Labute approximate surface area is 178 Å². The Morgan fingerprint density at radius 2 is 1.37 bits per heavy atom. The van der Waals surface area contributed by atoms with E-state index >= 15 is 0 Å². The highest BCUT2D eigenvalue weighted by Gasteiger charge is 2.51. The minimum absolute atomic E-state index is 0.00597. The van der Waals surface area contributed by atoms with E-state index in [1.165, 1.54) is 0 Å². The molecule has 0 N–H and O–H groups in total. The lowest BCUT2D eigenvalue weighted by atomic mass is 9.68. The van der Waals surface area contributed by atoms with E-state index in [2.05, 4.69) is 0 Å². The summed E-state index contributed by atoms with van der Waals surface area (Å²) in [5.41, 5.74) is 0.0395. The van der Waals surface area contributed by atoms with Gasteiger partial charge in [-0.15, -0.1) is 0 Å². The minimum atomic E-state index is -3.37. The van der Waals surface area contributed by atoms with Crippen molar-refractivity contribution in [3.05, 3.63) is 65.7 Å². The van der Waals surface area contributed by atoms with Crippen molar-refractivity contribution in [3.8, 4) is 5.75 Å². The normalized spacial score (nSPS) is 18.5. The largest absolute Gasteiger partial charge is 0.488 e. The molecule has 6 nitrogen and oxygen atoms in total. The molecule has 0 bridgehead atoms. The molecule has 0 aliphatic carbocycles. The first-order valence-electron chi connectivity index (χ1n) is 9.70. The van der Waals surface area contributed by atoms with Crippen molar-refractivity contribution in [2.75, 3.05) is 24.0 Å². The molecule has 1 aliphatic heterocycles. The van der Waals surface area contributed by atoms with Crippen LogP contribution in [0.3, 0.4) is 0 Å². The molecule has 0 aromatic heterocycles. The maximum atomic E-state index is 13.7. The third-order valence-electron chi connectivity index (χ3n) is 5.57. The molecule has 2 aromatic carbocycles. The summed E-state index contributed by atoms with van der Waals surface area (Å²) in [4.78, 5) is 13.7. The van der Waals surface area contributed by atoms with Crippen molar-refractivity contribution >= 4 is 25.5 Å². The highest BCUT2D eigenvalue weighted by Crippen LogP contribution is 2.45. The van der Waals surface area contributed by atoms with Gasteiger partial charge in [0.05, 0.1) is 22.5 Å². The Hall–Kier alpha value is -2.19. The molecule has 0 fully saturated rings. The molecule has 2 aromatic rings. The fraction of sp³-hybridized carbons (Fsp3) is 0.409. The van der Waals surface area contributed by atoms with Crippen molar-refractivity contribution in [2.24, 2.45) is 5.41 Å². The second kappa shape index (κ2) is 8.51. The van der Waals surface area contributed by atoms with Crippen molar-refractivity contribution in [3.63, 3.8) is 0 Å². The molecule has 8 heteroatoms. The van der Waals surface area contributed by atoms with E-state index < -0.39 is 31.2 Å². The summed E-state index contributed by atoms with van der Waals surface area (Å²) >= 11 is 0. The number of ketones is 1. The topological polar surface area (TPSA) is 94.6 Å². The first-order chi connectivity index (χ1) is 14.0. The monoisotopic (exact) mass is 450 g/mol. The van der Waals surface area contributed by atoms with Crippen molar-refractivity contribution in [1.29, 1.82) is 0 Å². The average molecular weight is 451 g/mol. The molecule has 1 unspecified atom stereocenters. The van der Waals surface area contributed by atoms with Gasteiger partial charge in [0.15, 0.2) is 5.78 Å². The number of hydrogen-bond donors (Lipinski definition) is 0. The first-order valence-corrected chi connectivity index (χ1v) is 13.8. The number of ether oxygens (including phenoxy) is 1. The van der Waals surface area contributed by atoms with Gasteiger partial charge in [-0.25, -0.2) is 16.8 Å². The molecular weight excluding hydrogens is 424 g/mol. The smallest absolute Gasteiger partial charge is 0.176 e. The van der Waals surface area contributed by atoms with Gasteiger partial charge in [-0.1, -0.05) is 42.5 Å². The second-order valence-electron chi connectivity index (χ2n) is 8.04. The Balaban J connectivity index is 2.10. The van der Waals surface area contributed by atoms with Crippen LogP contribution in [0, 0.1) is 5.41 Å². The summed E-state index contributed by atoms with van der Waals surface area (Å²) in [5.74, 6) is -0.256. The van der Waals surface area contributed by atoms with Crippen LogP contribution in [0.15, 0.2) is 54.6 Å². The van der Waals surface area contributed by atoms with Crippen LogP contribution < -0.4 is 4.74 Å². The molecule has 0 saturated heterocycles. The van der Waals surface area contributed by atoms with Gasteiger partial charge in [0.25, 0.3) is 0 Å². The summed E-state index contributed by atoms with van der Waals surface area (Å²) in [6.45, 7) is 0. The van der Waals surface area contributed by atoms with Gasteiger partial charge in [0.1, 0.15) is 31.5 Å². The van der Waals surface area contributed by atoms with Gasteiger partial charge in [0, 0.05) is 18.9 Å². The van der Waals surface area contributed by atoms with Gasteiger partial charge in [-0.2, -0.15) is 0 Å². The molecule has 0 saturated carbocycles. The highest BCUT2D eigenvalue weighted by molar-refractivity contribution is 7.90. The standard InChI is InChI=1S/C22H26O6S2/c1-29(24,25)14-12-22(13-15-30(2,26)27)20(16-17-8-4-3-5-9-17)28-19-11-7-6-10-18(19)21(22)23/h3-11,20H,12-16H2,1-2H3. The summed E-state index contributed by atoms with van der Waals surface area (Å²) in [6, 6.07) is 16.3. The Bertz CT molecular complexity index is 1090. The van der Waals surface area contributed by atoms with Crippen LogP contribution in [-0.2, 0) is 26.1 Å². The third kappa shape index (κ3) is 5.29. The predicted molar refractivity (Wildman–Crippen MR) is 116 cm³/mol. The zero-order valence-corrected chi connectivity index (χ0v) is 18.7. The molecule has 162 valence electrons. The van der Waals surface area contributed by atoms with Crippen molar-refractivity contribution < 1.29 is 26.4 Å². The number of rotatable bonds is 8. The van der Waals surface area contributed by atoms with E-state index in [4.69, 9.17) is 4.74 Å². The van der Waals surface area contributed by atoms with Gasteiger partial charge in [-0.3, -0.25) is 4.79 Å². The average Bonchev–Trinajstić information content (AvgIpc) is 2.67. The SMILES string of the molecule is CS(=O)(=O)CCC1(CCS(C)(=O)=O)C(=O)c2ccccc2OC1Cc1ccccc1. The molecule has 1 heterocycles. The molecular formula is C22H26O6S2. The third-order valence-corrected chi connectivity index (χ3v) is 7.46. The lowest BCUT2D eigenvalue weighted by molar-refractivity contribution is 0.0221. The number of hydrogen-bond acceptors (Lipinski definition) is 6. The second-order valence-corrected chi connectivity index (χ2v) is 12.6. The Morgan fingerprint density at radius 3 is 1.93 bits per heavy atom. The van der Waals surface area contributed by atoms with Crippen LogP contribution in [0.4, 0.5) is 0 Å². The van der Waals surface area contributed by atoms with Crippen LogP contribution in [0.1, 0.15) is 28.8 Å². The summed E-state index contributed by atoms with van der Waals surface area (Å²) in [6.07, 6.45) is 1.94. The van der Waals surface area contributed by atoms with Crippen LogP contribution in [0.25, 0.3) is 0 Å². The molecule has 0 spiro atoms. The van der Waals surface area contributed by atoms with E-state index in [1.54, 1.807) is 24.3 Å². The molecule has 1 aliphatic rings. The van der Waals surface area contributed by atoms with E-state index in [-0.39, 0.29) is 30.1 Å². The maximum absolute atomic E-state index is 13.7. The van der Waals surface area contributed by atoms with Gasteiger partial charge >= 0.3 is 0 Å². The predicted octanol–water partition coefficient (Wildman–Crippen LogP) is 2.73. The summed E-state index contributed by atoms with van der Waals surface area (Å²) < 4.78 is 54.1. The molecule has 0 radical (unpaired) electrons. The van der Waals surface area contributed by atoms with Crippen LogP contribution in [-0.4, -0.2) is 52.7 Å². The van der Waals surface area contributed by atoms with Gasteiger partial charge < -0.3 is 4.74 Å².